The lowest BCUT2D eigenvalue weighted by atomic mass is 9.71. The van der Waals surface area contributed by atoms with Gasteiger partial charge in [-0.2, -0.15) is 0 Å². The van der Waals surface area contributed by atoms with Gasteiger partial charge < -0.3 is 4.74 Å². The molecule has 2 aliphatic carbocycles. The first-order valence-electron chi connectivity index (χ1n) is 10.8. The predicted octanol–water partition coefficient (Wildman–Crippen LogP) is 5.27. The van der Waals surface area contributed by atoms with E-state index in [1.54, 1.807) is 12.1 Å². The Morgan fingerprint density at radius 3 is 2.59 bits per heavy atom. The highest BCUT2D eigenvalue weighted by molar-refractivity contribution is 6.08. The molecule has 1 aromatic rings. The fourth-order valence-electron chi connectivity index (χ4n) is 4.97. The van der Waals surface area contributed by atoms with Gasteiger partial charge in [-0.15, -0.1) is 0 Å². The van der Waals surface area contributed by atoms with Gasteiger partial charge in [0.05, 0.1) is 0 Å². The average Bonchev–Trinajstić information content (AvgIpc) is 2.95. The molecule has 1 fully saturated rings. The third-order valence-corrected chi connectivity index (χ3v) is 6.38. The zero-order valence-electron chi connectivity index (χ0n) is 17.0. The number of ketones is 1. The maximum absolute atomic E-state index is 14.0. The zero-order valence-corrected chi connectivity index (χ0v) is 17.0. The van der Waals surface area contributed by atoms with E-state index >= 15 is 0 Å². The molecule has 1 saturated carbocycles. The van der Waals surface area contributed by atoms with Crippen LogP contribution in [0.1, 0.15) is 76.2 Å². The molecule has 1 unspecified atom stereocenters. The first-order chi connectivity index (χ1) is 14.0. The Morgan fingerprint density at radius 2 is 1.86 bits per heavy atom. The maximum atomic E-state index is 14.0. The van der Waals surface area contributed by atoms with Gasteiger partial charge in [0, 0.05) is 29.3 Å². The summed E-state index contributed by atoms with van der Waals surface area (Å²) in [5, 5.41) is 0. The molecule has 0 N–H and O–H groups in total. The number of nitrogens with zero attached hydrogens (tertiary/aromatic N) is 1. The van der Waals surface area contributed by atoms with Crippen LogP contribution >= 0.6 is 0 Å². The number of hydrogen-bond donors (Lipinski definition) is 0. The van der Waals surface area contributed by atoms with Crippen LogP contribution in [-0.2, 0) is 14.3 Å². The van der Waals surface area contributed by atoms with E-state index in [2.05, 4.69) is 4.99 Å². The summed E-state index contributed by atoms with van der Waals surface area (Å²) in [5.41, 5.74) is 2.64. The Hall–Kier alpha value is -2.30. The Balaban J connectivity index is 1.70. The van der Waals surface area contributed by atoms with Crippen LogP contribution in [0.4, 0.5) is 4.39 Å². The minimum absolute atomic E-state index is 0.0176. The first kappa shape index (κ1) is 20.0. The number of allylic oxidation sites excluding steroid dienone is 2. The van der Waals surface area contributed by atoms with Gasteiger partial charge in [-0.1, -0.05) is 25.0 Å². The minimum atomic E-state index is -0.680. The highest BCUT2D eigenvalue weighted by Gasteiger charge is 2.43. The minimum Gasteiger partial charge on any atom is -0.462 e. The number of carbonyl (C=O) groups excluding carboxylic acids is 2. The van der Waals surface area contributed by atoms with Crippen molar-refractivity contribution in [1.29, 1.82) is 0 Å². The van der Waals surface area contributed by atoms with Crippen molar-refractivity contribution in [3.05, 3.63) is 46.9 Å². The molecule has 4 rings (SSSR count). The van der Waals surface area contributed by atoms with E-state index in [4.69, 9.17) is 4.74 Å². The summed E-state index contributed by atoms with van der Waals surface area (Å²) in [5.74, 6) is -1.89. The molecule has 1 aliphatic heterocycles. The first-order valence-corrected chi connectivity index (χ1v) is 10.8. The molecule has 5 heteroatoms. The normalized spacial score (nSPS) is 25.9. The molecule has 1 heterocycles. The number of hydrogen-bond acceptors (Lipinski definition) is 4. The van der Waals surface area contributed by atoms with E-state index in [0.717, 1.165) is 37.8 Å². The Labute approximate surface area is 171 Å². The molecular formula is C24H28FNO3. The number of carbonyl (C=O) groups is 2. The summed E-state index contributed by atoms with van der Waals surface area (Å²) in [6.07, 6.45) is 8.10. The van der Waals surface area contributed by atoms with Gasteiger partial charge in [-0.3, -0.25) is 14.6 Å². The van der Waals surface area contributed by atoms with Gasteiger partial charge in [0.25, 0.3) is 0 Å². The molecule has 154 valence electrons. The van der Waals surface area contributed by atoms with Crippen LogP contribution in [0.2, 0.25) is 0 Å². The smallest absolute Gasteiger partial charge is 0.315 e. The molecule has 4 nitrogen and oxygen atoms in total. The fourth-order valence-corrected chi connectivity index (χ4v) is 4.97. The third kappa shape index (κ3) is 4.19. The fraction of sp³-hybridized carbons (Fsp3) is 0.542. The van der Waals surface area contributed by atoms with Gasteiger partial charge in [0.2, 0.25) is 0 Å². The summed E-state index contributed by atoms with van der Waals surface area (Å²) >= 11 is 0. The summed E-state index contributed by atoms with van der Waals surface area (Å²) in [7, 11) is 0. The summed E-state index contributed by atoms with van der Waals surface area (Å²) < 4.78 is 20.0. The van der Waals surface area contributed by atoms with Gasteiger partial charge in [0.1, 0.15) is 17.8 Å². The topological polar surface area (TPSA) is 55.7 Å². The maximum Gasteiger partial charge on any atom is 0.315 e. The van der Waals surface area contributed by atoms with Crippen LogP contribution < -0.4 is 0 Å². The molecule has 0 bridgehead atoms. The molecule has 0 radical (unpaired) electrons. The largest absolute Gasteiger partial charge is 0.462 e. The van der Waals surface area contributed by atoms with Crippen LogP contribution in [0.15, 0.2) is 40.5 Å². The highest BCUT2D eigenvalue weighted by Crippen LogP contribution is 2.44. The number of rotatable bonds is 3. The van der Waals surface area contributed by atoms with Crippen molar-refractivity contribution in [3.63, 3.8) is 0 Å². The van der Waals surface area contributed by atoms with E-state index < -0.39 is 11.8 Å². The number of ether oxygens (including phenoxy) is 1. The van der Waals surface area contributed by atoms with E-state index in [9.17, 15) is 14.0 Å². The van der Waals surface area contributed by atoms with Gasteiger partial charge in [-0.25, -0.2) is 4.39 Å². The molecule has 0 aromatic heterocycles. The van der Waals surface area contributed by atoms with Crippen LogP contribution in [-0.4, -0.2) is 23.6 Å². The van der Waals surface area contributed by atoms with Crippen molar-refractivity contribution < 1.29 is 18.7 Å². The number of aliphatic imine (C=N–C) groups is 1. The zero-order chi connectivity index (χ0) is 20.4. The Kier molecular flexibility index (Phi) is 5.93. The van der Waals surface area contributed by atoms with Crippen molar-refractivity contribution >= 4 is 17.5 Å². The van der Waals surface area contributed by atoms with Gasteiger partial charge >= 0.3 is 5.97 Å². The Morgan fingerprint density at radius 1 is 1.10 bits per heavy atom. The molecule has 0 saturated heterocycles. The average molecular weight is 397 g/mol. The van der Waals surface area contributed by atoms with Crippen LogP contribution in [0.5, 0.6) is 0 Å². The molecule has 1 aromatic carbocycles. The van der Waals surface area contributed by atoms with Crippen LogP contribution in [0.3, 0.4) is 0 Å². The van der Waals surface area contributed by atoms with E-state index in [1.807, 2.05) is 6.92 Å². The molecular weight excluding hydrogens is 369 g/mol. The van der Waals surface area contributed by atoms with Gasteiger partial charge in [-0.05, 0) is 63.1 Å². The Bertz CT molecular complexity index is 865. The van der Waals surface area contributed by atoms with Crippen LogP contribution in [0, 0.1) is 11.7 Å². The molecule has 2 atom stereocenters. The summed E-state index contributed by atoms with van der Waals surface area (Å²) in [4.78, 5) is 30.8. The lowest BCUT2D eigenvalue weighted by Crippen LogP contribution is -2.38. The summed E-state index contributed by atoms with van der Waals surface area (Å²) in [6.45, 7) is 1.83. The quantitative estimate of drug-likeness (QED) is 0.515. The predicted molar refractivity (Wildman–Crippen MR) is 109 cm³/mol. The van der Waals surface area contributed by atoms with Crippen molar-refractivity contribution in [2.24, 2.45) is 10.9 Å². The SMILES string of the molecule is CC1=NC2=C(C(=O)CCC2)[C@H](c2cccc(F)c2)C1C(=O)OC1CCCCCC1. The molecule has 0 spiro atoms. The third-order valence-electron chi connectivity index (χ3n) is 6.38. The number of benzene rings is 1. The van der Waals surface area contributed by atoms with Crippen molar-refractivity contribution in [1.82, 2.24) is 0 Å². The van der Waals surface area contributed by atoms with Crippen molar-refractivity contribution in [2.75, 3.05) is 0 Å². The second kappa shape index (κ2) is 8.60. The second-order valence-corrected chi connectivity index (χ2v) is 8.45. The van der Waals surface area contributed by atoms with E-state index in [0.29, 0.717) is 29.7 Å². The monoisotopic (exact) mass is 397 g/mol. The molecule has 0 amide bonds. The highest BCUT2D eigenvalue weighted by atomic mass is 19.1. The number of halogens is 1. The lowest BCUT2D eigenvalue weighted by Gasteiger charge is -2.35. The van der Waals surface area contributed by atoms with Crippen molar-refractivity contribution in [2.45, 2.75) is 76.7 Å². The molecule has 3 aliphatic rings. The van der Waals surface area contributed by atoms with Crippen LogP contribution in [0.25, 0.3) is 0 Å². The van der Waals surface area contributed by atoms with E-state index in [-0.39, 0.29) is 23.7 Å². The summed E-state index contributed by atoms with van der Waals surface area (Å²) in [6, 6.07) is 6.24. The molecule has 29 heavy (non-hydrogen) atoms. The second-order valence-electron chi connectivity index (χ2n) is 8.45. The standard InChI is InChI=1S/C24H28FNO3/c1-15-21(24(28)29-18-10-4-2-3-5-11-18)22(16-8-6-9-17(25)14-16)23-19(26-15)12-7-13-20(23)27/h6,8-9,14,18,21-22H,2-5,7,10-13H2,1H3/t21?,22-/m1/s1. The van der Waals surface area contributed by atoms with Gasteiger partial charge in [0.15, 0.2) is 5.78 Å². The van der Waals surface area contributed by atoms with E-state index in [1.165, 1.54) is 25.0 Å². The lowest BCUT2D eigenvalue weighted by molar-refractivity contribution is -0.152. The number of esters is 1. The van der Waals surface area contributed by atoms with Crippen molar-refractivity contribution in [3.8, 4) is 0 Å². The number of Topliss-reactive ketones (excluding diaryl/α,β-unsaturated/α-hetero) is 1.